The molecule has 0 saturated carbocycles. The van der Waals surface area contributed by atoms with Crippen LogP contribution >= 0.6 is 0 Å². The van der Waals surface area contributed by atoms with Crippen LogP contribution in [0.3, 0.4) is 0 Å². The highest BCUT2D eigenvalue weighted by molar-refractivity contribution is 5.78. The summed E-state index contributed by atoms with van der Waals surface area (Å²) in [6.07, 6.45) is 3.11. The van der Waals surface area contributed by atoms with Crippen LogP contribution in [0.2, 0.25) is 0 Å². The van der Waals surface area contributed by atoms with Crippen LogP contribution in [0.1, 0.15) is 47.0 Å². The zero-order valence-corrected chi connectivity index (χ0v) is 13.1. The Morgan fingerprint density at radius 3 is 2.16 bits per heavy atom. The molecule has 1 unspecified atom stereocenters. The number of nitrogens with one attached hydrogen (secondary N) is 1. The Morgan fingerprint density at radius 1 is 1.26 bits per heavy atom. The molecule has 2 N–H and O–H groups in total. The largest absolute Gasteiger partial charge is 0.480 e. The Kier molecular flexibility index (Phi) is 5.39. The predicted molar refractivity (Wildman–Crippen MR) is 78.3 cm³/mol. The number of carbonyl (C=O) groups is 1. The van der Waals surface area contributed by atoms with Crippen molar-refractivity contribution >= 4 is 5.97 Å². The third-order valence-electron chi connectivity index (χ3n) is 4.76. The average Bonchev–Trinajstić information content (AvgIpc) is 2.35. The third-order valence-corrected chi connectivity index (χ3v) is 4.76. The highest BCUT2D eigenvalue weighted by atomic mass is 16.4. The lowest BCUT2D eigenvalue weighted by atomic mass is 9.75. The minimum Gasteiger partial charge on any atom is -0.480 e. The molecule has 1 atom stereocenters. The van der Waals surface area contributed by atoms with Crippen LogP contribution in [0.5, 0.6) is 0 Å². The van der Waals surface area contributed by atoms with Crippen molar-refractivity contribution in [2.75, 3.05) is 26.7 Å². The number of likely N-dealkylation sites (N-methyl/N-ethyl adjacent to an activating group) is 1. The Balaban J connectivity index is 2.40. The average molecular weight is 270 g/mol. The van der Waals surface area contributed by atoms with Gasteiger partial charge in [0.25, 0.3) is 0 Å². The summed E-state index contributed by atoms with van der Waals surface area (Å²) in [5.41, 5.74) is -0.409. The molecular formula is C15H30N2O2. The maximum absolute atomic E-state index is 11.2. The fourth-order valence-corrected chi connectivity index (χ4v) is 2.74. The topological polar surface area (TPSA) is 52.6 Å². The van der Waals surface area contributed by atoms with Gasteiger partial charge < -0.3 is 15.3 Å². The number of carboxylic acids is 1. The van der Waals surface area contributed by atoms with Crippen molar-refractivity contribution in [3.05, 3.63) is 0 Å². The van der Waals surface area contributed by atoms with Crippen LogP contribution in [-0.4, -0.2) is 48.2 Å². The van der Waals surface area contributed by atoms with E-state index in [1.165, 1.54) is 12.8 Å². The van der Waals surface area contributed by atoms with Gasteiger partial charge in [0.15, 0.2) is 0 Å². The van der Waals surface area contributed by atoms with E-state index in [2.05, 4.69) is 31.0 Å². The van der Waals surface area contributed by atoms with Gasteiger partial charge in [0, 0.05) is 6.54 Å². The van der Waals surface area contributed by atoms with E-state index < -0.39 is 11.5 Å². The second kappa shape index (κ2) is 6.23. The first kappa shape index (κ1) is 16.4. The summed E-state index contributed by atoms with van der Waals surface area (Å²) in [5, 5.41) is 12.2. The van der Waals surface area contributed by atoms with E-state index in [1.54, 1.807) is 14.0 Å². The van der Waals surface area contributed by atoms with Crippen molar-refractivity contribution in [2.45, 2.75) is 52.5 Å². The van der Waals surface area contributed by atoms with Gasteiger partial charge >= 0.3 is 5.97 Å². The second-order valence-electron chi connectivity index (χ2n) is 7.12. The van der Waals surface area contributed by atoms with Crippen LogP contribution in [0.15, 0.2) is 0 Å². The van der Waals surface area contributed by atoms with Gasteiger partial charge in [-0.3, -0.25) is 4.79 Å². The molecule has 0 radical (unpaired) electrons. The third kappa shape index (κ3) is 4.46. The van der Waals surface area contributed by atoms with E-state index in [9.17, 15) is 9.90 Å². The fraction of sp³-hybridized carbons (Fsp3) is 0.933. The summed E-state index contributed by atoms with van der Waals surface area (Å²) in [5.74, 6) is 0.0264. The van der Waals surface area contributed by atoms with Crippen LogP contribution in [0.4, 0.5) is 0 Å². The quantitative estimate of drug-likeness (QED) is 0.804. The van der Waals surface area contributed by atoms with Crippen LogP contribution in [0, 0.1) is 11.3 Å². The normalized spacial score (nSPS) is 22.2. The summed E-state index contributed by atoms with van der Waals surface area (Å²) in [6, 6.07) is 0. The lowest BCUT2D eigenvalue weighted by molar-refractivity contribution is -0.144. The molecular weight excluding hydrogens is 240 g/mol. The molecule has 0 amide bonds. The molecule has 0 spiro atoms. The molecule has 0 aromatic carbocycles. The standard InChI is InChI=1S/C15H30N2O2/c1-14(2,3)12-6-9-17(10-7-12)11-8-15(4,16-5)13(18)19/h12,16H,6-11H2,1-5H3,(H,18,19). The zero-order chi connectivity index (χ0) is 14.7. The van der Waals surface area contributed by atoms with E-state index >= 15 is 0 Å². The molecule has 1 aliphatic heterocycles. The Labute approximate surface area is 117 Å². The molecule has 19 heavy (non-hydrogen) atoms. The van der Waals surface area contributed by atoms with E-state index in [4.69, 9.17) is 0 Å². The number of nitrogens with zero attached hydrogens (tertiary/aromatic N) is 1. The first-order chi connectivity index (χ1) is 8.69. The summed E-state index contributed by atoms with van der Waals surface area (Å²) < 4.78 is 0. The molecule has 0 aliphatic carbocycles. The molecule has 0 aromatic heterocycles. The van der Waals surface area contributed by atoms with Gasteiger partial charge in [-0.2, -0.15) is 0 Å². The van der Waals surface area contributed by atoms with Crippen molar-refractivity contribution in [1.29, 1.82) is 0 Å². The fourth-order valence-electron chi connectivity index (χ4n) is 2.74. The van der Waals surface area contributed by atoms with Gasteiger partial charge in [-0.05, 0) is 57.7 Å². The number of rotatable bonds is 5. The van der Waals surface area contributed by atoms with Gasteiger partial charge in [0.2, 0.25) is 0 Å². The lowest BCUT2D eigenvalue weighted by Crippen LogP contribution is -2.50. The summed E-state index contributed by atoms with van der Waals surface area (Å²) in [4.78, 5) is 13.6. The van der Waals surface area contributed by atoms with E-state index in [0.29, 0.717) is 11.8 Å². The van der Waals surface area contributed by atoms with Crippen LogP contribution in [-0.2, 0) is 4.79 Å². The van der Waals surface area contributed by atoms with Crippen molar-refractivity contribution in [3.63, 3.8) is 0 Å². The van der Waals surface area contributed by atoms with E-state index in [-0.39, 0.29) is 0 Å². The number of piperidine rings is 1. The monoisotopic (exact) mass is 270 g/mol. The van der Waals surface area contributed by atoms with Gasteiger partial charge in [-0.25, -0.2) is 0 Å². The van der Waals surface area contributed by atoms with E-state index in [1.807, 2.05) is 0 Å². The maximum Gasteiger partial charge on any atom is 0.323 e. The van der Waals surface area contributed by atoms with Gasteiger partial charge in [-0.15, -0.1) is 0 Å². The second-order valence-corrected chi connectivity index (χ2v) is 7.12. The maximum atomic E-state index is 11.2. The summed E-state index contributed by atoms with van der Waals surface area (Å²) >= 11 is 0. The minimum atomic E-state index is -0.805. The molecule has 1 saturated heterocycles. The first-order valence-corrected chi connectivity index (χ1v) is 7.34. The van der Waals surface area contributed by atoms with Crippen molar-refractivity contribution in [2.24, 2.45) is 11.3 Å². The zero-order valence-electron chi connectivity index (χ0n) is 13.1. The first-order valence-electron chi connectivity index (χ1n) is 7.34. The molecule has 1 fully saturated rings. The van der Waals surface area contributed by atoms with Crippen molar-refractivity contribution in [1.82, 2.24) is 10.2 Å². The highest BCUT2D eigenvalue weighted by Gasteiger charge is 2.33. The Bertz CT molecular complexity index is 304. The van der Waals surface area contributed by atoms with Gasteiger partial charge in [-0.1, -0.05) is 20.8 Å². The van der Waals surface area contributed by atoms with E-state index in [0.717, 1.165) is 25.6 Å². The van der Waals surface area contributed by atoms with Crippen LogP contribution < -0.4 is 5.32 Å². The van der Waals surface area contributed by atoms with Gasteiger partial charge in [0.1, 0.15) is 5.54 Å². The number of hydrogen-bond acceptors (Lipinski definition) is 3. The number of likely N-dealkylation sites (tertiary alicyclic amines) is 1. The molecule has 0 aromatic rings. The number of aliphatic carboxylic acids is 1. The number of hydrogen-bond donors (Lipinski definition) is 2. The molecule has 4 heteroatoms. The van der Waals surface area contributed by atoms with Crippen molar-refractivity contribution < 1.29 is 9.90 Å². The predicted octanol–water partition coefficient (Wildman–Crippen LogP) is 2.20. The number of carboxylic acid groups (broad SMARTS) is 1. The molecule has 1 heterocycles. The molecule has 1 rings (SSSR count). The molecule has 1 aliphatic rings. The van der Waals surface area contributed by atoms with Crippen LogP contribution in [0.25, 0.3) is 0 Å². The molecule has 0 bridgehead atoms. The summed E-state index contributed by atoms with van der Waals surface area (Å²) in [7, 11) is 1.72. The lowest BCUT2D eigenvalue weighted by Gasteiger charge is -2.39. The van der Waals surface area contributed by atoms with Crippen molar-refractivity contribution in [3.8, 4) is 0 Å². The molecule has 4 nitrogen and oxygen atoms in total. The Morgan fingerprint density at radius 2 is 1.79 bits per heavy atom. The molecule has 112 valence electrons. The SMILES string of the molecule is CNC(C)(CCN1CCC(C(C)(C)C)CC1)C(=O)O. The smallest absolute Gasteiger partial charge is 0.323 e. The Hall–Kier alpha value is -0.610. The highest BCUT2D eigenvalue weighted by Crippen LogP contribution is 2.34. The minimum absolute atomic E-state index is 0.395. The van der Waals surface area contributed by atoms with Gasteiger partial charge in [0.05, 0.1) is 0 Å². The summed E-state index contributed by atoms with van der Waals surface area (Å²) in [6.45, 7) is 11.8.